The Morgan fingerprint density at radius 2 is 2.27 bits per heavy atom. The summed E-state index contributed by atoms with van der Waals surface area (Å²) < 4.78 is 10.0. The number of carbonyl (C=O) groups excluding carboxylic acids is 1. The smallest absolute Gasteiger partial charge is 0.176 e. The number of methoxy groups -OCH3 is 1. The van der Waals surface area contributed by atoms with Crippen molar-refractivity contribution in [1.82, 2.24) is 0 Å². The molecule has 0 spiro atoms. The molecule has 84 valence electrons. The van der Waals surface area contributed by atoms with Crippen molar-refractivity contribution in [2.24, 2.45) is 0 Å². The van der Waals surface area contributed by atoms with E-state index in [2.05, 4.69) is 0 Å². The Morgan fingerprint density at radius 1 is 1.47 bits per heavy atom. The zero-order valence-corrected chi connectivity index (χ0v) is 10.1. The van der Waals surface area contributed by atoms with E-state index in [0.29, 0.717) is 36.1 Å². The van der Waals surface area contributed by atoms with Gasteiger partial charge >= 0.3 is 0 Å². The number of rotatable bonds is 7. The van der Waals surface area contributed by atoms with Gasteiger partial charge in [-0.1, -0.05) is 11.6 Å². The molecule has 0 atom stereocenters. The zero-order valence-electron chi connectivity index (χ0n) is 8.49. The summed E-state index contributed by atoms with van der Waals surface area (Å²) in [5.74, 6) is 0.0346. The lowest BCUT2D eigenvalue weighted by Crippen LogP contribution is -2.07. The van der Waals surface area contributed by atoms with Gasteiger partial charge < -0.3 is 9.47 Å². The fourth-order valence-electron chi connectivity index (χ4n) is 1.02. The van der Waals surface area contributed by atoms with Crippen LogP contribution in [0.5, 0.6) is 0 Å². The molecule has 0 aliphatic heterocycles. The molecule has 5 heteroatoms. The van der Waals surface area contributed by atoms with Crippen LogP contribution in [0.25, 0.3) is 0 Å². The number of ether oxygens (including phenoxy) is 2. The number of halogens is 1. The largest absolute Gasteiger partial charge is 0.382 e. The predicted octanol–water partition coefficient (Wildman–Crippen LogP) is 2.64. The van der Waals surface area contributed by atoms with E-state index in [1.165, 1.54) is 11.3 Å². The second kappa shape index (κ2) is 6.95. The van der Waals surface area contributed by atoms with Crippen LogP contribution in [0.15, 0.2) is 11.4 Å². The van der Waals surface area contributed by atoms with Crippen molar-refractivity contribution in [3.05, 3.63) is 21.3 Å². The van der Waals surface area contributed by atoms with Gasteiger partial charge in [0.05, 0.1) is 29.7 Å². The molecule has 0 saturated heterocycles. The fraction of sp³-hybridized carbons (Fsp3) is 0.500. The van der Waals surface area contributed by atoms with Crippen LogP contribution in [0, 0.1) is 0 Å². The molecule has 0 aliphatic carbocycles. The molecular weight excluding hydrogens is 236 g/mol. The van der Waals surface area contributed by atoms with Gasteiger partial charge in [-0.15, -0.1) is 11.3 Å². The highest BCUT2D eigenvalue weighted by atomic mass is 35.5. The summed E-state index contributed by atoms with van der Waals surface area (Å²) in [6, 6.07) is 1.73. The molecule has 0 aliphatic rings. The topological polar surface area (TPSA) is 35.5 Å². The van der Waals surface area contributed by atoms with Crippen molar-refractivity contribution < 1.29 is 14.3 Å². The number of hydrogen-bond donors (Lipinski definition) is 0. The molecule has 1 aromatic heterocycles. The highest BCUT2D eigenvalue weighted by molar-refractivity contribution is 7.12. The first-order valence-electron chi connectivity index (χ1n) is 4.58. The summed E-state index contributed by atoms with van der Waals surface area (Å²) in [5.41, 5.74) is 0. The quantitative estimate of drug-likeness (QED) is 0.550. The van der Waals surface area contributed by atoms with Gasteiger partial charge in [-0.3, -0.25) is 4.79 Å². The number of Topliss-reactive ketones (excluding diaryl/α,β-unsaturated/α-hetero) is 1. The average Bonchev–Trinajstić information content (AvgIpc) is 2.64. The Bertz CT molecular complexity index is 311. The molecule has 0 aromatic carbocycles. The molecule has 0 bridgehead atoms. The number of carbonyl (C=O) groups is 1. The van der Waals surface area contributed by atoms with Crippen LogP contribution in [0.3, 0.4) is 0 Å². The normalized spacial score (nSPS) is 10.5. The molecule has 15 heavy (non-hydrogen) atoms. The van der Waals surface area contributed by atoms with Gasteiger partial charge in [-0.2, -0.15) is 0 Å². The lowest BCUT2D eigenvalue weighted by Gasteiger charge is -2.02. The lowest BCUT2D eigenvalue weighted by atomic mass is 10.2. The Balaban J connectivity index is 2.22. The highest BCUT2D eigenvalue weighted by Crippen LogP contribution is 2.23. The molecular formula is C10H13ClO3S. The standard InChI is InChI=1S/C10H13ClO3S/c1-13-5-6-14-4-2-9(12)10-8(11)3-7-15-10/h3,7H,2,4-6H2,1H3. The zero-order chi connectivity index (χ0) is 11.1. The van der Waals surface area contributed by atoms with Crippen LogP contribution in [-0.2, 0) is 9.47 Å². The van der Waals surface area contributed by atoms with E-state index in [1.54, 1.807) is 18.6 Å². The van der Waals surface area contributed by atoms with Crippen LogP contribution in [0.1, 0.15) is 16.1 Å². The molecule has 1 heterocycles. The van der Waals surface area contributed by atoms with Crippen molar-refractivity contribution in [3.8, 4) is 0 Å². The van der Waals surface area contributed by atoms with Gasteiger partial charge in [-0.25, -0.2) is 0 Å². The van der Waals surface area contributed by atoms with Gasteiger partial charge in [0.2, 0.25) is 0 Å². The summed E-state index contributed by atoms with van der Waals surface area (Å²) in [6.45, 7) is 1.48. The van der Waals surface area contributed by atoms with Crippen molar-refractivity contribution >= 4 is 28.7 Å². The van der Waals surface area contributed by atoms with Crippen molar-refractivity contribution in [3.63, 3.8) is 0 Å². The summed E-state index contributed by atoms with van der Waals surface area (Å²) in [5, 5.41) is 2.34. The summed E-state index contributed by atoms with van der Waals surface area (Å²) in [7, 11) is 1.61. The highest BCUT2D eigenvalue weighted by Gasteiger charge is 2.11. The molecule has 1 aromatic rings. The maximum Gasteiger partial charge on any atom is 0.176 e. The van der Waals surface area contributed by atoms with Crippen LogP contribution in [0.2, 0.25) is 5.02 Å². The minimum atomic E-state index is 0.0346. The van der Waals surface area contributed by atoms with Gasteiger partial charge in [0.25, 0.3) is 0 Å². The molecule has 0 unspecified atom stereocenters. The molecule has 0 saturated carbocycles. The summed E-state index contributed by atoms with van der Waals surface area (Å²) >= 11 is 7.19. The van der Waals surface area contributed by atoms with Gasteiger partial charge in [0.1, 0.15) is 0 Å². The van der Waals surface area contributed by atoms with Gasteiger partial charge in [0.15, 0.2) is 5.78 Å². The van der Waals surface area contributed by atoms with Crippen LogP contribution >= 0.6 is 22.9 Å². The number of thiophene rings is 1. The molecule has 0 N–H and O–H groups in total. The number of ketones is 1. The van der Waals surface area contributed by atoms with Gasteiger partial charge in [0, 0.05) is 13.5 Å². The first-order valence-corrected chi connectivity index (χ1v) is 5.84. The maximum absolute atomic E-state index is 11.6. The van der Waals surface area contributed by atoms with Crippen LogP contribution in [-0.4, -0.2) is 32.7 Å². The minimum Gasteiger partial charge on any atom is -0.382 e. The first-order chi connectivity index (χ1) is 7.25. The third kappa shape index (κ3) is 4.30. The third-order valence-electron chi connectivity index (χ3n) is 1.78. The van der Waals surface area contributed by atoms with E-state index < -0.39 is 0 Å². The van der Waals surface area contributed by atoms with E-state index in [9.17, 15) is 4.79 Å². The lowest BCUT2D eigenvalue weighted by molar-refractivity contribution is 0.0643. The molecule has 0 fully saturated rings. The van der Waals surface area contributed by atoms with E-state index in [0.717, 1.165) is 0 Å². The van der Waals surface area contributed by atoms with Crippen molar-refractivity contribution in [2.75, 3.05) is 26.9 Å². The Hall–Kier alpha value is -0.420. The predicted molar refractivity (Wildman–Crippen MR) is 61.0 cm³/mol. The van der Waals surface area contributed by atoms with E-state index in [1.807, 2.05) is 0 Å². The Morgan fingerprint density at radius 3 is 2.87 bits per heavy atom. The van der Waals surface area contributed by atoms with E-state index >= 15 is 0 Å². The van der Waals surface area contributed by atoms with Crippen molar-refractivity contribution in [1.29, 1.82) is 0 Å². The summed E-state index contributed by atoms with van der Waals surface area (Å²) in [4.78, 5) is 12.2. The average molecular weight is 249 g/mol. The third-order valence-corrected chi connectivity index (χ3v) is 3.16. The van der Waals surface area contributed by atoms with E-state index in [-0.39, 0.29) is 5.78 Å². The first kappa shape index (κ1) is 12.6. The molecule has 3 nitrogen and oxygen atoms in total. The Labute approximate surface area is 98.0 Å². The van der Waals surface area contributed by atoms with Crippen molar-refractivity contribution in [2.45, 2.75) is 6.42 Å². The van der Waals surface area contributed by atoms with Crippen LogP contribution < -0.4 is 0 Å². The van der Waals surface area contributed by atoms with Crippen LogP contribution in [0.4, 0.5) is 0 Å². The minimum absolute atomic E-state index is 0.0346. The molecule has 1 rings (SSSR count). The Kier molecular flexibility index (Phi) is 5.86. The second-order valence-electron chi connectivity index (χ2n) is 2.88. The summed E-state index contributed by atoms with van der Waals surface area (Å²) in [6.07, 6.45) is 0.365. The SMILES string of the molecule is COCCOCCC(=O)c1sccc1Cl. The maximum atomic E-state index is 11.6. The number of hydrogen-bond acceptors (Lipinski definition) is 4. The fourth-order valence-corrected chi connectivity index (χ4v) is 2.15. The monoisotopic (exact) mass is 248 g/mol. The molecule has 0 amide bonds. The molecule has 0 radical (unpaired) electrons. The van der Waals surface area contributed by atoms with E-state index in [4.69, 9.17) is 21.1 Å². The second-order valence-corrected chi connectivity index (χ2v) is 4.20. The van der Waals surface area contributed by atoms with Gasteiger partial charge in [-0.05, 0) is 11.4 Å².